The Labute approximate surface area is 97.0 Å². The fourth-order valence-electron chi connectivity index (χ4n) is 1.20. The van der Waals surface area contributed by atoms with Crippen LogP contribution >= 0.6 is 0 Å². The molecule has 0 amide bonds. The topological polar surface area (TPSA) is 106 Å². The summed E-state index contributed by atoms with van der Waals surface area (Å²) in [6, 6.07) is 2.97. The smallest absolute Gasteiger partial charge is 0.280 e. The summed E-state index contributed by atoms with van der Waals surface area (Å²) >= 11 is 0. The van der Waals surface area contributed by atoms with Crippen molar-refractivity contribution in [2.45, 2.75) is 5.75 Å². The monoisotopic (exact) mass is 255 g/mol. The summed E-state index contributed by atoms with van der Waals surface area (Å²) in [4.78, 5) is 7.71. The Bertz CT molecular complexity index is 635. The van der Waals surface area contributed by atoms with Crippen LogP contribution in [0.4, 0.5) is 0 Å². The second-order valence-corrected chi connectivity index (χ2v) is 5.60. The number of hydrogen-bond donors (Lipinski definition) is 1. The summed E-state index contributed by atoms with van der Waals surface area (Å²) in [5.74, 6) is -0.402. The van der Waals surface area contributed by atoms with E-state index in [4.69, 9.17) is 4.52 Å². The van der Waals surface area contributed by atoms with Crippen LogP contribution in [0.1, 0.15) is 5.82 Å². The highest BCUT2D eigenvalue weighted by Gasteiger charge is 2.16. The molecule has 2 aromatic heterocycles. The zero-order valence-electron chi connectivity index (χ0n) is 8.86. The number of rotatable bonds is 3. The molecule has 0 fully saturated rings. The number of aromatic nitrogens is 3. The van der Waals surface area contributed by atoms with Crippen molar-refractivity contribution in [3.8, 4) is 17.3 Å². The minimum absolute atomic E-state index is 0.0123. The molecule has 0 aromatic carbocycles. The lowest BCUT2D eigenvalue weighted by Gasteiger charge is -1.95. The molecular formula is C9H9N3O4S. The average Bonchev–Trinajstić information content (AvgIpc) is 2.64. The largest absolute Gasteiger partial charge is 0.505 e. The zero-order chi connectivity index (χ0) is 12.5. The molecule has 0 unspecified atom stereocenters. The quantitative estimate of drug-likeness (QED) is 0.844. The van der Waals surface area contributed by atoms with E-state index < -0.39 is 9.84 Å². The highest BCUT2D eigenvalue weighted by Crippen LogP contribution is 2.24. The standard InChI is InChI=1S/C9H9N3O4S/c1-17(14,15)5-7-11-9(16-12-7)8-6(13)3-2-4-10-8/h2-4,13H,5H2,1H3. The van der Waals surface area contributed by atoms with Gasteiger partial charge >= 0.3 is 0 Å². The predicted octanol–water partition coefficient (Wildman–Crippen LogP) is 0.382. The van der Waals surface area contributed by atoms with E-state index >= 15 is 0 Å². The van der Waals surface area contributed by atoms with E-state index in [0.29, 0.717) is 0 Å². The van der Waals surface area contributed by atoms with Gasteiger partial charge in [0, 0.05) is 12.5 Å². The average molecular weight is 255 g/mol. The number of aromatic hydroxyl groups is 1. The van der Waals surface area contributed by atoms with Crippen LogP contribution in [-0.2, 0) is 15.6 Å². The van der Waals surface area contributed by atoms with Crippen molar-refractivity contribution in [1.82, 2.24) is 15.1 Å². The van der Waals surface area contributed by atoms with Gasteiger partial charge in [0.25, 0.3) is 5.89 Å². The van der Waals surface area contributed by atoms with E-state index in [1.165, 1.54) is 12.3 Å². The number of pyridine rings is 1. The van der Waals surface area contributed by atoms with Gasteiger partial charge in [0.15, 0.2) is 21.4 Å². The van der Waals surface area contributed by atoms with Crippen LogP contribution in [0.3, 0.4) is 0 Å². The predicted molar refractivity (Wildman–Crippen MR) is 57.7 cm³/mol. The maximum absolute atomic E-state index is 11.0. The van der Waals surface area contributed by atoms with Crippen LogP contribution in [-0.4, -0.2) is 34.9 Å². The van der Waals surface area contributed by atoms with Crippen molar-refractivity contribution in [3.05, 3.63) is 24.2 Å². The summed E-state index contributed by atoms with van der Waals surface area (Å²) in [6.07, 6.45) is 2.52. The molecule has 0 aliphatic heterocycles. The molecule has 90 valence electrons. The van der Waals surface area contributed by atoms with Gasteiger partial charge in [0.1, 0.15) is 11.5 Å². The Morgan fingerprint density at radius 3 is 2.88 bits per heavy atom. The molecule has 0 saturated carbocycles. The minimum Gasteiger partial charge on any atom is -0.505 e. The molecule has 0 spiro atoms. The molecule has 0 saturated heterocycles. The third kappa shape index (κ3) is 2.78. The lowest BCUT2D eigenvalue weighted by atomic mass is 10.3. The molecule has 2 heterocycles. The lowest BCUT2D eigenvalue weighted by molar-refractivity contribution is 0.417. The van der Waals surface area contributed by atoms with Crippen molar-refractivity contribution in [2.75, 3.05) is 6.26 Å². The van der Waals surface area contributed by atoms with Crippen molar-refractivity contribution in [3.63, 3.8) is 0 Å². The third-order valence-corrected chi connectivity index (χ3v) is 2.63. The van der Waals surface area contributed by atoms with Crippen LogP contribution < -0.4 is 0 Å². The fraction of sp³-hybridized carbons (Fsp3) is 0.222. The maximum Gasteiger partial charge on any atom is 0.280 e. The highest BCUT2D eigenvalue weighted by molar-refractivity contribution is 7.89. The Hall–Kier alpha value is -1.96. The second-order valence-electron chi connectivity index (χ2n) is 3.46. The molecule has 0 atom stereocenters. The highest BCUT2D eigenvalue weighted by atomic mass is 32.2. The first kappa shape index (κ1) is 11.5. The van der Waals surface area contributed by atoms with Crippen LogP contribution in [0, 0.1) is 0 Å². The number of hydrogen-bond acceptors (Lipinski definition) is 7. The molecule has 2 rings (SSSR count). The molecule has 17 heavy (non-hydrogen) atoms. The number of nitrogens with zero attached hydrogens (tertiary/aromatic N) is 3. The van der Waals surface area contributed by atoms with E-state index in [1.807, 2.05) is 0 Å². The van der Waals surface area contributed by atoms with Crippen LogP contribution in [0.2, 0.25) is 0 Å². The van der Waals surface area contributed by atoms with E-state index in [-0.39, 0.29) is 28.9 Å². The second kappa shape index (κ2) is 4.13. The first-order chi connectivity index (χ1) is 7.96. The van der Waals surface area contributed by atoms with Gasteiger partial charge in [-0.1, -0.05) is 5.16 Å². The van der Waals surface area contributed by atoms with Gasteiger partial charge in [-0.05, 0) is 12.1 Å². The van der Waals surface area contributed by atoms with Crippen LogP contribution in [0.25, 0.3) is 11.6 Å². The maximum atomic E-state index is 11.0. The van der Waals surface area contributed by atoms with Crippen molar-refractivity contribution in [1.29, 1.82) is 0 Å². The number of sulfone groups is 1. The summed E-state index contributed by atoms with van der Waals surface area (Å²) in [7, 11) is -3.22. The van der Waals surface area contributed by atoms with Crippen molar-refractivity contribution in [2.24, 2.45) is 0 Å². The van der Waals surface area contributed by atoms with Gasteiger partial charge in [-0.2, -0.15) is 4.98 Å². The van der Waals surface area contributed by atoms with Gasteiger partial charge < -0.3 is 9.63 Å². The van der Waals surface area contributed by atoms with Crippen LogP contribution in [0.15, 0.2) is 22.9 Å². The normalized spacial score (nSPS) is 11.6. The fourth-order valence-corrected chi connectivity index (χ4v) is 1.79. The van der Waals surface area contributed by atoms with Gasteiger partial charge in [0.2, 0.25) is 0 Å². The van der Waals surface area contributed by atoms with E-state index in [0.717, 1.165) is 6.26 Å². The lowest BCUT2D eigenvalue weighted by Crippen LogP contribution is -2.02. The molecule has 0 aliphatic rings. The van der Waals surface area contributed by atoms with E-state index in [1.54, 1.807) is 6.07 Å². The summed E-state index contributed by atoms with van der Waals surface area (Å²) in [5.41, 5.74) is 0.125. The molecule has 2 aromatic rings. The molecule has 8 heteroatoms. The molecule has 7 nitrogen and oxygen atoms in total. The van der Waals surface area contributed by atoms with Crippen molar-refractivity contribution >= 4 is 9.84 Å². The molecule has 0 aliphatic carbocycles. The third-order valence-electron chi connectivity index (χ3n) is 1.85. The Morgan fingerprint density at radius 2 is 2.24 bits per heavy atom. The van der Waals surface area contributed by atoms with Gasteiger partial charge in [-0.25, -0.2) is 13.4 Å². The van der Waals surface area contributed by atoms with Gasteiger partial charge in [-0.15, -0.1) is 0 Å². The van der Waals surface area contributed by atoms with Crippen LogP contribution in [0.5, 0.6) is 5.75 Å². The minimum atomic E-state index is -3.22. The van der Waals surface area contributed by atoms with Crippen molar-refractivity contribution < 1.29 is 18.0 Å². The summed E-state index contributed by atoms with van der Waals surface area (Å²) in [6.45, 7) is 0. The molecule has 1 N–H and O–H groups in total. The van der Waals surface area contributed by atoms with E-state index in [9.17, 15) is 13.5 Å². The molecule has 0 radical (unpaired) electrons. The molecular weight excluding hydrogens is 246 g/mol. The Balaban J connectivity index is 2.34. The molecule has 0 bridgehead atoms. The summed E-state index contributed by atoms with van der Waals surface area (Å²) < 4.78 is 26.9. The Morgan fingerprint density at radius 1 is 1.47 bits per heavy atom. The van der Waals surface area contributed by atoms with Gasteiger partial charge in [0.05, 0.1) is 0 Å². The first-order valence-electron chi connectivity index (χ1n) is 4.60. The zero-order valence-corrected chi connectivity index (χ0v) is 9.68. The first-order valence-corrected chi connectivity index (χ1v) is 6.66. The summed E-state index contributed by atoms with van der Waals surface area (Å²) in [5, 5.41) is 13.0. The SMILES string of the molecule is CS(=O)(=O)Cc1noc(-c2ncccc2O)n1. The van der Waals surface area contributed by atoms with E-state index in [2.05, 4.69) is 15.1 Å². The Kier molecular flexibility index (Phi) is 2.80. The van der Waals surface area contributed by atoms with Gasteiger partial charge in [-0.3, -0.25) is 0 Å².